The van der Waals surface area contributed by atoms with Gasteiger partial charge in [0.15, 0.2) is 0 Å². The third kappa shape index (κ3) is 4.80. The molecular weight excluding hydrogens is 394 g/mol. The van der Waals surface area contributed by atoms with E-state index in [-0.39, 0.29) is 6.10 Å². The van der Waals surface area contributed by atoms with E-state index in [1.54, 1.807) is 0 Å². The number of hydrogen-bond donors (Lipinski definition) is 0. The number of piperidine rings is 3. The van der Waals surface area contributed by atoms with E-state index >= 15 is 0 Å². The van der Waals surface area contributed by atoms with Crippen LogP contribution in [0.25, 0.3) is 0 Å². The van der Waals surface area contributed by atoms with E-state index in [2.05, 4.69) is 84.9 Å². The van der Waals surface area contributed by atoms with Crippen molar-refractivity contribution in [2.45, 2.75) is 44.6 Å². The minimum absolute atomic E-state index is 0.0544. The highest BCUT2D eigenvalue weighted by Gasteiger charge is 2.51. The van der Waals surface area contributed by atoms with E-state index in [0.717, 1.165) is 16.9 Å². The summed E-state index contributed by atoms with van der Waals surface area (Å²) in [5.41, 5.74) is 3.89. The lowest BCUT2D eigenvalue weighted by Gasteiger charge is -2.56. The summed E-state index contributed by atoms with van der Waals surface area (Å²) in [5, 5.41) is 0. The van der Waals surface area contributed by atoms with E-state index in [0.29, 0.717) is 19.4 Å². The van der Waals surface area contributed by atoms with E-state index < -0.39 is 0 Å². The topological polar surface area (TPSA) is 18.5 Å². The molecule has 0 N–H and O–H groups in total. The molecule has 0 unspecified atom stereocenters. The Labute approximate surface area is 192 Å². The van der Waals surface area contributed by atoms with Gasteiger partial charge in [0.05, 0.1) is 19.7 Å². The van der Waals surface area contributed by atoms with Crippen molar-refractivity contribution in [2.75, 3.05) is 19.9 Å². The van der Waals surface area contributed by atoms with Crippen LogP contribution in [0.3, 0.4) is 0 Å². The lowest BCUT2D eigenvalue weighted by molar-refractivity contribution is -0.982. The molecule has 2 atom stereocenters. The maximum absolute atomic E-state index is 6.57. The Morgan fingerprint density at radius 2 is 1.34 bits per heavy atom. The second kappa shape index (κ2) is 9.99. The Morgan fingerprint density at radius 3 is 2.00 bits per heavy atom. The van der Waals surface area contributed by atoms with Gasteiger partial charge in [0.2, 0.25) is 0 Å². The number of quaternary nitrogens is 1. The van der Waals surface area contributed by atoms with Gasteiger partial charge in [-0.05, 0) is 29.9 Å². The number of hydrogen-bond acceptors (Lipinski definition) is 2. The molecule has 0 spiro atoms. The van der Waals surface area contributed by atoms with Gasteiger partial charge in [0.1, 0.15) is 25.5 Å². The van der Waals surface area contributed by atoms with Crippen LogP contribution in [0, 0.1) is 5.92 Å². The minimum Gasteiger partial charge on any atom is -0.351 e. The maximum atomic E-state index is 6.57. The quantitative estimate of drug-likeness (QED) is 0.232. The predicted octanol–water partition coefficient (Wildman–Crippen LogP) is 6.12. The summed E-state index contributed by atoms with van der Waals surface area (Å²) in [7, 11) is 0. The molecular formula is C29H34NO2+. The zero-order valence-corrected chi connectivity index (χ0v) is 18.8. The molecule has 3 heterocycles. The largest absolute Gasteiger partial charge is 0.351 e. The summed E-state index contributed by atoms with van der Waals surface area (Å²) < 4.78 is 13.7. The highest BCUT2D eigenvalue weighted by Crippen LogP contribution is 2.45. The molecule has 3 heteroatoms. The third-order valence-corrected chi connectivity index (χ3v) is 7.50. The number of ether oxygens (including phenoxy) is 2. The van der Waals surface area contributed by atoms with Gasteiger partial charge in [-0.1, -0.05) is 91.0 Å². The molecule has 3 aliphatic rings. The normalized spacial score (nSPS) is 25.5. The summed E-state index contributed by atoms with van der Waals surface area (Å²) in [6, 6.07) is 32.6. The van der Waals surface area contributed by atoms with Gasteiger partial charge >= 0.3 is 0 Å². The van der Waals surface area contributed by atoms with Gasteiger partial charge in [-0.3, -0.25) is 0 Å². The van der Waals surface area contributed by atoms with Crippen LogP contribution in [0.5, 0.6) is 0 Å². The monoisotopic (exact) mass is 428 g/mol. The van der Waals surface area contributed by atoms with Crippen molar-refractivity contribution >= 4 is 0 Å². The van der Waals surface area contributed by atoms with Crippen molar-refractivity contribution in [2.24, 2.45) is 5.92 Å². The molecule has 6 rings (SSSR count). The minimum atomic E-state index is 0.0544. The fraction of sp³-hybridized carbons (Fsp3) is 0.379. The zero-order chi connectivity index (χ0) is 21.6. The SMILES string of the molecule is c1ccc(COCO[C@@H](c2ccccc2)[C@H]2CC3CC[N+]2(Cc2ccccc2)CC3)cc1. The van der Waals surface area contributed by atoms with Gasteiger partial charge < -0.3 is 14.0 Å². The number of fused-ring (bicyclic) bond motifs is 3. The van der Waals surface area contributed by atoms with E-state index in [1.165, 1.54) is 49.0 Å². The van der Waals surface area contributed by atoms with Crippen LogP contribution < -0.4 is 0 Å². The maximum Gasteiger partial charge on any atom is 0.148 e. The summed E-state index contributed by atoms with van der Waals surface area (Å²) in [6.45, 7) is 4.50. The molecule has 2 bridgehead atoms. The average Bonchev–Trinajstić information content (AvgIpc) is 2.86. The van der Waals surface area contributed by atoms with E-state index in [4.69, 9.17) is 9.47 Å². The van der Waals surface area contributed by atoms with Crippen molar-refractivity contribution in [1.82, 2.24) is 0 Å². The van der Waals surface area contributed by atoms with Crippen molar-refractivity contribution < 1.29 is 14.0 Å². The number of benzene rings is 3. The van der Waals surface area contributed by atoms with Gasteiger partial charge in [-0.2, -0.15) is 0 Å². The molecule has 166 valence electrons. The number of rotatable bonds is 9. The molecule has 0 aromatic heterocycles. The molecule has 0 saturated carbocycles. The molecule has 0 aliphatic carbocycles. The highest BCUT2D eigenvalue weighted by atomic mass is 16.7. The molecule has 32 heavy (non-hydrogen) atoms. The number of nitrogens with zero attached hydrogens (tertiary/aromatic N) is 1. The molecule has 3 aromatic rings. The summed E-state index contributed by atoms with van der Waals surface area (Å²) in [4.78, 5) is 0. The second-order valence-corrected chi connectivity index (χ2v) is 9.51. The molecule has 3 aromatic carbocycles. The van der Waals surface area contributed by atoms with Crippen LogP contribution in [0.1, 0.15) is 42.1 Å². The first-order chi connectivity index (χ1) is 15.8. The van der Waals surface area contributed by atoms with E-state index in [1.807, 2.05) is 6.07 Å². The summed E-state index contributed by atoms with van der Waals surface area (Å²) >= 11 is 0. The highest BCUT2D eigenvalue weighted by molar-refractivity contribution is 5.20. The van der Waals surface area contributed by atoms with Crippen molar-refractivity contribution in [3.63, 3.8) is 0 Å². The van der Waals surface area contributed by atoms with Crippen LogP contribution in [0.4, 0.5) is 0 Å². The van der Waals surface area contributed by atoms with Gasteiger partial charge in [0.25, 0.3) is 0 Å². The standard InChI is InChI=1S/C29H34NO2/c1-4-10-25(11-5-1)21-30-18-16-24(17-19-30)20-28(30)29(27-14-8-3-9-15-27)32-23-31-22-26-12-6-2-7-13-26/h1-15,24,28-29H,16-23H2/q+1/t24?,28-,29+,30?/m1/s1. The summed E-state index contributed by atoms with van der Waals surface area (Å²) in [6.07, 6.45) is 3.98. The molecule has 3 nitrogen and oxygen atoms in total. The van der Waals surface area contributed by atoms with Crippen molar-refractivity contribution in [3.8, 4) is 0 Å². The predicted molar refractivity (Wildman–Crippen MR) is 128 cm³/mol. The lowest BCUT2D eigenvalue weighted by atomic mass is 9.77. The smallest absolute Gasteiger partial charge is 0.148 e. The average molecular weight is 429 g/mol. The Kier molecular flexibility index (Phi) is 6.68. The van der Waals surface area contributed by atoms with Gasteiger partial charge in [0, 0.05) is 12.0 Å². The van der Waals surface area contributed by atoms with Crippen LogP contribution in [0.2, 0.25) is 0 Å². The van der Waals surface area contributed by atoms with Gasteiger partial charge in [-0.15, -0.1) is 0 Å². The zero-order valence-electron chi connectivity index (χ0n) is 18.8. The fourth-order valence-electron chi connectivity index (χ4n) is 5.83. The fourth-order valence-corrected chi connectivity index (χ4v) is 5.83. The molecule has 0 amide bonds. The van der Waals surface area contributed by atoms with Crippen LogP contribution in [0.15, 0.2) is 91.0 Å². The first kappa shape index (κ1) is 21.4. The van der Waals surface area contributed by atoms with Crippen LogP contribution in [-0.2, 0) is 22.6 Å². The molecule has 3 fully saturated rings. The Hall–Kier alpha value is -2.46. The van der Waals surface area contributed by atoms with Crippen molar-refractivity contribution in [3.05, 3.63) is 108 Å². The molecule has 0 radical (unpaired) electrons. The molecule has 3 saturated heterocycles. The Morgan fingerprint density at radius 1 is 0.750 bits per heavy atom. The van der Waals surface area contributed by atoms with Crippen LogP contribution in [-0.4, -0.2) is 30.4 Å². The first-order valence-electron chi connectivity index (χ1n) is 12.0. The summed E-state index contributed by atoms with van der Waals surface area (Å²) in [5.74, 6) is 0.829. The van der Waals surface area contributed by atoms with Crippen LogP contribution >= 0.6 is 0 Å². The van der Waals surface area contributed by atoms with E-state index in [9.17, 15) is 0 Å². The second-order valence-electron chi connectivity index (χ2n) is 9.51. The molecule has 3 aliphatic heterocycles. The lowest BCUT2D eigenvalue weighted by Crippen LogP contribution is -2.65. The first-order valence-corrected chi connectivity index (χ1v) is 12.0. The van der Waals surface area contributed by atoms with Crippen molar-refractivity contribution in [1.29, 1.82) is 0 Å². The Balaban J connectivity index is 1.35. The Bertz CT molecular complexity index is 952. The van der Waals surface area contributed by atoms with Gasteiger partial charge in [-0.25, -0.2) is 0 Å². The third-order valence-electron chi connectivity index (χ3n) is 7.50.